The molecular weight excluding hydrogens is 226 g/mol. The SMILES string of the molecule is CS(=O)(=O)c1cncnc1N1CCCCC1. The number of piperidine rings is 1. The first-order valence-electron chi connectivity index (χ1n) is 5.34. The largest absolute Gasteiger partial charge is 0.355 e. The predicted molar refractivity (Wildman–Crippen MR) is 61.2 cm³/mol. The Balaban J connectivity index is 2.40. The van der Waals surface area contributed by atoms with E-state index in [0.29, 0.717) is 5.82 Å². The Morgan fingerprint density at radius 2 is 1.94 bits per heavy atom. The molecule has 1 aliphatic rings. The van der Waals surface area contributed by atoms with E-state index in [0.717, 1.165) is 25.9 Å². The van der Waals surface area contributed by atoms with Crippen molar-refractivity contribution in [1.29, 1.82) is 0 Å². The smallest absolute Gasteiger partial charge is 0.180 e. The van der Waals surface area contributed by atoms with Crippen molar-refractivity contribution in [2.24, 2.45) is 0 Å². The average Bonchev–Trinajstić information content (AvgIpc) is 2.29. The van der Waals surface area contributed by atoms with Gasteiger partial charge in [-0.1, -0.05) is 0 Å². The van der Waals surface area contributed by atoms with Crippen molar-refractivity contribution in [3.63, 3.8) is 0 Å². The van der Waals surface area contributed by atoms with Crippen LogP contribution in [0.5, 0.6) is 0 Å². The van der Waals surface area contributed by atoms with Crippen LogP contribution in [-0.2, 0) is 9.84 Å². The highest BCUT2D eigenvalue weighted by Crippen LogP contribution is 2.24. The van der Waals surface area contributed by atoms with E-state index in [1.807, 2.05) is 4.90 Å². The number of aromatic nitrogens is 2. The van der Waals surface area contributed by atoms with E-state index >= 15 is 0 Å². The van der Waals surface area contributed by atoms with E-state index in [1.165, 1.54) is 25.2 Å². The Hall–Kier alpha value is -1.17. The van der Waals surface area contributed by atoms with Crippen LogP contribution in [0.1, 0.15) is 19.3 Å². The van der Waals surface area contributed by atoms with Crippen molar-refractivity contribution in [3.8, 4) is 0 Å². The average molecular weight is 241 g/mol. The van der Waals surface area contributed by atoms with Crippen LogP contribution in [0, 0.1) is 0 Å². The quantitative estimate of drug-likeness (QED) is 0.768. The fourth-order valence-electron chi connectivity index (χ4n) is 1.92. The van der Waals surface area contributed by atoms with Crippen molar-refractivity contribution in [2.75, 3.05) is 24.2 Å². The Labute approximate surface area is 95.4 Å². The zero-order chi connectivity index (χ0) is 11.6. The van der Waals surface area contributed by atoms with Gasteiger partial charge in [0.15, 0.2) is 15.7 Å². The molecular formula is C10H15N3O2S. The maximum atomic E-state index is 11.6. The second-order valence-corrected chi connectivity index (χ2v) is 6.01. The standard InChI is InChI=1S/C10H15N3O2S/c1-16(14,15)9-7-11-8-12-10(9)13-5-3-2-4-6-13/h7-8H,2-6H2,1H3. The zero-order valence-corrected chi connectivity index (χ0v) is 10.1. The highest BCUT2D eigenvalue weighted by atomic mass is 32.2. The molecule has 16 heavy (non-hydrogen) atoms. The molecule has 0 N–H and O–H groups in total. The van der Waals surface area contributed by atoms with Crippen LogP contribution in [0.2, 0.25) is 0 Å². The van der Waals surface area contributed by atoms with E-state index in [9.17, 15) is 8.42 Å². The number of nitrogens with zero attached hydrogens (tertiary/aromatic N) is 3. The van der Waals surface area contributed by atoms with Crippen molar-refractivity contribution >= 4 is 15.7 Å². The lowest BCUT2D eigenvalue weighted by atomic mass is 10.1. The van der Waals surface area contributed by atoms with Gasteiger partial charge in [0.1, 0.15) is 11.2 Å². The topological polar surface area (TPSA) is 63.2 Å². The van der Waals surface area contributed by atoms with Crippen LogP contribution in [-0.4, -0.2) is 37.7 Å². The second-order valence-electron chi connectivity index (χ2n) is 4.03. The molecule has 0 aromatic carbocycles. The number of rotatable bonds is 2. The van der Waals surface area contributed by atoms with Crippen LogP contribution in [0.3, 0.4) is 0 Å². The van der Waals surface area contributed by atoms with Gasteiger partial charge in [-0.2, -0.15) is 0 Å². The number of hydrogen-bond donors (Lipinski definition) is 0. The number of sulfone groups is 1. The Morgan fingerprint density at radius 3 is 2.56 bits per heavy atom. The summed E-state index contributed by atoms with van der Waals surface area (Å²) in [5.74, 6) is 0.553. The third kappa shape index (κ3) is 2.32. The van der Waals surface area contributed by atoms with Crippen molar-refractivity contribution in [2.45, 2.75) is 24.2 Å². The molecule has 1 saturated heterocycles. The third-order valence-corrected chi connectivity index (χ3v) is 3.80. The zero-order valence-electron chi connectivity index (χ0n) is 9.26. The molecule has 2 heterocycles. The summed E-state index contributed by atoms with van der Waals surface area (Å²) in [5, 5.41) is 0. The molecule has 1 aliphatic heterocycles. The van der Waals surface area contributed by atoms with Crippen molar-refractivity contribution in [3.05, 3.63) is 12.5 Å². The molecule has 5 nitrogen and oxygen atoms in total. The number of hydrogen-bond acceptors (Lipinski definition) is 5. The molecule has 2 rings (SSSR count). The summed E-state index contributed by atoms with van der Waals surface area (Å²) < 4.78 is 23.2. The van der Waals surface area contributed by atoms with E-state index in [-0.39, 0.29) is 4.90 Å². The highest BCUT2D eigenvalue weighted by Gasteiger charge is 2.21. The first kappa shape index (κ1) is 11.3. The van der Waals surface area contributed by atoms with Gasteiger partial charge in [-0.25, -0.2) is 18.4 Å². The van der Waals surface area contributed by atoms with E-state index in [1.54, 1.807) is 0 Å². The van der Waals surface area contributed by atoms with Gasteiger partial charge >= 0.3 is 0 Å². The van der Waals surface area contributed by atoms with Gasteiger partial charge in [-0.05, 0) is 19.3 Å². The van der Waals surface area contributed by atoms with E-state index in [4.69, 9.17) is 0 Å². The molecule has 0 amide bonds. The molecule has 0 spiro atoms. The van der Waals surface area contributed by atoms with Gasteiger partial charge in [0.05, 0.1) is 6.20 Å². The van der Waals surface area contributed by atoms with Gasteiger partial charge in [-0.15, -0.1) is 0 Å². The molecule has 88 valence electrons. The van der Waals surface area contributed by atoms with Gasteiger partial charge in [0, 0.05) is 19.3 Å². The summed E-state index contributed by atoms with van der Waals surface area (Å²) in [4.78, 5) is 10.2. The molecule has 1 fully saturated rings. The maximum absolute atomic E-state index is 11.6. The second kappa shape index (κ2) is 4.37. The van der Waals surface area contributed by atoms with Crippen LogP contribution in [0.15, 0.2) is 17.4 Å². The van der Waals surface area contributed by atoms with Gasteiger partial charge in [0.2, 0.25) is 0 Å². The van der Waals surface area contributed by atoms with E-state index < -0.39 is 9.84 Å². The first-order valence-corrected chi connectivity index (χ1v) is 7.23. The molecule has 1 aromatic heterocycles. The summed E-state index contributed by atoms with van der Waals surface area (Å²) >= 11 is 0. The van der Waals surface area contributed by atoms with Crippen LogP contribution >= 0.6 is 0 Å². The third-order valence-electron chi connectivity index (χ3n) is 2.71. The molecule has 0 bridgehead atoms. The van der Waals surface area contributed by atoms with Crippen molar-refractivity contribution in [1.82, 2.24) is 9.97 Å². The van der Waals surface area contributed by atoms with Gasteiger partial charge in [0.25, 0.3) is 0 Å². The molecule has 6 heteroatoms. The molecule has 1 aromatic rings. The lowest BCUT2D eigenvalue weighted by molar-refractivity contribution is 0.565. The Kier molecular flexibility index (Phi) is 3.09. The Bertz CT molecular complexity index is 467. The van der Waals surface area contributed by atoms with Gasteiger partial charge in [-0.3, -0.25) is 0 Å². The maximum Gasteiger partial charge on any atom is 0.180 e. The minimum Gasteiger partial charge on any atom is -0.355 e. The molecule has 0 unspecified atom stereocenters. The lowest BCUT2D eigenvalue weighted by Crippen LogP contribution is -2.31. The minimum atomic E-state index is -3.25. The normalized spacial score (nSPS) is 17.4. The fraction of sp³-hybridized carbons (Fsp3) is 0.600. The van der Waals surface area contributed by atoms with Gasteiger partial charge < -0.3 is 4.90 Å². The first-order chi connectivity index (χ1) is 7.59. The van der Waals surface area contributed by atoms with Crippen LogP contribution in [0.25, 0.3) is 0 Å². The fourth-order valence-corrected chi connectivity index (χ4v) is 2.68. The predicted octanol–water partition coefficient (Wildman–Crippen LogP) is 0.870. The van der Waals surface area contributed by atoms with E-state index in [2.05, 4.69) is 9.97 Å². The van der Waals surface area contributed by atoms with Crippen LogP contribution in [0.4, 0.5) is 5.82 Å². The molecule has 0 radical (unpaired) electrons. The molecule has 0 aliphatic carbocycles. The molecule has 0 atom stereocenters. The monoisotopic (exact) mass is 241 g/mol. The summed E-state index contributed by atoms with van der Waals surface area (Å²) in [6, 6.07) is 0. The summed E-state index contributed by atoms with van der Waals surface area (Å²) in [7, 11) is -3.25. The summed E-state index contributed by atoms with van der Waals surface area (Å²) in [6.07, 6.45) is 7.36. The summed E-state index contributed by atoms with van der Waals surface area (Å²) in [5.41, 5.74) is 0. The lowest BCUT2D eigenvalue weighted by Gasteiger charge is -2.28. The number of anilines is 1. The minimum absolute atomic E-state index is 0.233. The highest BCUT2D eigenvalue weighted by molar-refractivity contribution is 7.90. The molecule has 0 saturated carbocycles. The van der Waals surface area contributed by atoms with Crippen LogP contribution < -0.4 is 4.90 Å². The Morgan fingerprint density at radius 1 is 1.25 bits per heavy atom. The van der Waals surface area contributed by atoms with Crippen molar-refractivity contribution < 1.29 is 8.42 Å². The summed E-state index contributed by atoms with van der Waals surface area (Å²) in [6.45, 7) is 1.75.